The number of pyridine rings is 1. The summed E-state index contributed by atoms with van der Waals surface area (Å²) in [5.74, 6) is 0.591. The van der Waals surface area contributed by atoms with Crippen LogP contribution in [0.3, 0.4) is 0 Å². The van der Waals surface area contributed by atoms with Crippen molar-refractivity contribution in [2.45, 2.75) is 19.8 Å². The van der Waals surface area contributed by atoms with Gasteiger partial charge >= 0.3 is 0 Å². The first kappa shape index (κ1) is 10.9. The summed E-state index contributed by atoms with van der Waals surface area (Å²) in [5.41, 5.74) is 0.262. The maximum atomic E-state index is 12.0. The minimum Gasteiger partial charge on any atom is -0.338 e. The molecular weight excluding hydrogens is 204 g/mol. The smallest absolute Gasteiger partial charge is 0.254 e. The van der Waals surface area contributed by atoms with Gasteiger partial charge in [-0.05, 0) is 18.4 Å². The molecule has 1 unspecified atom stereocenters. The maximum absolute atomic E-state index is 12.0. The molecule has 86 valence electrons. The molecular formula is C12H16N2O2. The van der Waals surface area contributed by atoms with Crippen LogP contribution in [0.5, 0.6) is 0 Å². The Kier molecular flexibility index (Phi) is 3.08. The molecule has 0 saturated carbocycles. The van der Waals surface area contributed by atoms with E-state index < -0.39 is 0 Å². The van der Waals surface area contributed by atoms with Gasteiger partial charge in [0.1, 0.15) is 0 Å². The summed E-state index contributed by atoms with van der Waals surface area (Å²) in [6, 6.07) is 3.02. The first-order chi connectivity index (χ1) is 7.70. The lowest BCUT2D eigenvalue weighted by Crippen LogP contribution is -2.29. The average Bonchev–Trinajstić information content (AvgIpc) is 2.76. The van der Waals surface area contributed by atoms with Crippen LogP contribution in [0.1, 0.15) is 30.1 Å². The van der Waals surface area contributed by atoms with Crippen molar-refractivity contribution >= 4 is 5.91 Å². The molecule has 1 atom stereocenters. The molecule has 1 aliphatic heterocycles. The second kappa shape index (κ2) is 4.51. The lowest BCUT2D eigenvalue weighted by molar-refractivity contribution is 0.0786. The van der Waals surface area contributed by atoms with Crippen LogP contribution in [-0.4, -0.2) is 28.9 Å². The van der Waals surface area contributed by atoms with Gasteiger partial charge in [-0.25, -0.2) is 0 Å². The SMILES string of the molecule is CCC1CCN(C(=O)c2cc[nH]c(=O)c2)C1. The Hall–Kier alpha value is -1.58. The monoisotopic (exact) mass is 220 g/mol. The van der Waals surface area contributed by atoms with Crippen LogP contribution in [0.2, 0.25) is 0 Å². The van der Waals surface area contributed by atoms with Gasteiger partial charge in [0, 0.05) is 30.9 Å². The van der Waals surface area contributed by atoms with Gasteiger partial charge in [-0.2, -0.15) is 0 Å². The standard InChI is InChI=1S/C12H16N2O2/c1-2-9-4-6-14(8-9)12(16)10-3-5-13-11(15)7-10/h3,5,7,9H,2,4,6,8H2,1H3,(H,13,15). The Balaban J connectivity index is 2.11. The zero-order valence-electron chi connectivity index (χ0n) is 9.40. The van der Waals surface area contributed by atoms with Gasteiger partial charge in [0.25, 0.3) is 5.91 Å². The fraction of sp³-hybridized carbons (Fsp3) is 0.500. The molecule has 1 saturated heterocycles. The van der Waals surface area contributed by atoms with Crippen molar-refractivity contribution in [2.24, 2.45) is 5.92 Å². The highest BCUT2D eigenvalue weighted by atomic mass is 16.2. The molecule has 0 aliphatic carbocycles. The van der Waals surface area contributed by atoms with Gasteiger partial charge < -0.3 is 9.88 Å². The minimum atomic E-state index is -0.225. The summed E-state index contributed by atoms with van der Waals surface area (Å²) in [6.45, 7) is 3.78. The van der Waals surface area contributed by atoms with E-state index in [2.05, 4.69) is 11.9 Å². The molecule has 4 heteroatoms. The number of nitrogens with one attached hydrogen (secondary N) is 1. The summed E-state index contributed by atoms with van der Waals surface area (Å²) in [6.07, 6.45) is 3.70. The number of aromatic nitrogens is 1. The van der Waals surface area contributed by atoms with Crippen molar-refractivity contribution in [1.29, 1.82) is 0 Å². The van der Waals surface area contributed by atoms with Gasteiger partial charge in [0.15, 0.2) is 0 Å². The van der Waals surface area contributed by atoms with Crippen molar-refractivity contribution < 1.29 is 4.79 Å². The summed E-state index contributed by atoms with van der Waals surface area (Å²) in [7, 11) is 0. The number of nitrogens with zero attached hydrogens (tertiary/aromatic N) is 1. The second-order valence-corrected chi connectivity index (χ2v) is 4.26. The number of likely N-dealkylation sites (tertiary alicyclic amines) is 1. The highest BCUT2D eigenvalue weighted by Gasteiger charge is 2.25. The Labute approximate surface area is 94.3 Å². The summed E-state index contributed by atoms with van der Waals surface area (Å²) < 4.78 is 0. The highest BCUT2D eigenvalue weighted by molar-refractivity contribution is 5.94. The van der Waals surface area contributed by atoms with E-state index >= 15 is 0 Å². The van der Waals surface area contributed by atoms with E-state index in [1.54, 1.807) is 6.07 Å². The molecule has 1 N–H and O–H groups in total. The Morgan fingerprint density at radius 2 is 2.44 bits per heavy atom. The van der Waals surface area contributed by atoms with Crippen molar-refractivity contribution in [3.8, 4) is 0 Å². The zero-order valence-corrected chi connectivity index (χ0v) is 9.40. The number of hydrogen-bond acceptors (Lipinski definition) is 2. The molecule has 2 heterocycles. The van der Waals surface area contributed by atoms with Crippen LogP contribution < -0.4 is 5.56 Å². The average molecular weight is 220 g/mol. The van der Waals surface area contributed by atoms with Crippen LogP contribution in [0, 0.1) is 5.92 Å². The van der Waals surface area contributed by atoms with E-state index in [0.29, 0.717) is 11.5 Å². The van der Waals surface area contributed by atoms with Crippen molar-refractivity contribution in [3.05, 3.63) is 34.2 Å². The molecule has 1 aromatic rings. The van der Waals surface area contributed by atoms with Gasteiger partial charge in [0.05, 0.1) is 0 Å². The van der Waals surface area contributed by atoms with E-state index in [-0.39, 0.29) is 11.5 Å². The number of rotatable bonds is 2. The quantitative estimate of drug-likeness (QED) is 0.815. The van der Waals surface area contributed by atoms with E-state index in [1.807, 2.05) is 4.90 Å². The van der Waals surface area contributed by atoms with E-state index in [0.717, 1.165) is 25.9 Å². The van der Waals surface area contributed by atoms with Crippen LogP contribution in [0.4, 0.5) is 0 Å². The molecule has 1 fully saturated rings. The first-order valence-corrected chi connectivity index (χ1v) is 5.68. The molecule has 1 aromatic heterocycles. The maximum Gasteiger partial charge on any atom is 0.254 e. The molecule has 16 heavy (non-hydrogen) atoms. The van der Waals surface area contributed by atoms with E-state index in [4.69, 9.17) is 0 Å². The Bertz CT molecular complexity index is 439. The molecule has 2 rings (SSSR count). The summed E-state index contributed by atoms with van der Waals surface area (Å²) in [4.78, 5) is 27.5. The lowest BCUT2D eigenvalue weighted by atomic mass is 10.1. The van der Waals surface area contributed by atoms with Crippen LogP contribution >= 0.6 is 0 Å². The predicted molar refractivity (Wildman–Crippen MR) is 61.4 cm³/mol. The second-order valence-electron chi connectivity index (χ2n) is 4.26. The van der Waals surface area contributed by atoms with Gasteiger partial charge in [-0.15, -0.1) is 0 Å². The number of amides is 1. The fourth-order valence-corrected chi connectivity index (χ4v) is 2.11. The first-order valence-electron chi connectivity index (χ1n) is 5.68. The third kappa shape index (κ3) is 2.15. The molecule has 0 radical (unpaired) electrons. The number of carbonyl (C=O) groups excluding carboxylic acids is 1. The van der Waals surface area contributed by atoms with Crippen LogP contribution in [0.15, 0.2) is 23.1 Å². The van der Waals surface area contributed by atoms with Crippen LogP contribution in [0.25, 0.3) is 0 Å². The molecule has 0 spiro atoms. The van der Waals surface area contributed by atoms with E-state index in [1.165, 1.54) is 12.3 Å². The van der Waals surface area contributed by atoms with Gasteiger partial charge in [-0.1, -0.05) is 13.3 Å². The van der Waals surface area contributed by atoms with Crippen molar-refractivity contribution in [3.63, 3.8) is 0 Å². The summed E-state index contributed by atoms with van der Waals surface area (Å²) >= 11 is 0. The molecule has 4 nitrogen and oxygen atoms in total. The number of carbonyl (C=O) groups is 1. The largest absolute Gasteiger partial charge is 0.338 e. The lowest BCUT2D eigenvalue weighted by Gasteiger charge is -2.15. The predicted octanol–water partition coefficient (Wildman–Crippen LogP) is 1.25. The third-order valence-electron chi connectivity index (χ3n) is 3.17. The third-order valence-corrected chi connectivity index (χ3v) is 3.17. The summed E-state index contributed by atoms with van der Waals surface area (Å²) in [5, 5.41) is 0. The Morgan fingerprint density at radius 1 is 1.62 bits per heavy atom. The zero-order chi connectivity index (χ0) is 11.5. The topological polar surface area (TPSA) is 53.2 Å². The normalized spacial score (nSPS) is 20.1. The molecule has 0 bridgehead atoms. The molecule has 0 aromatic carbocycles. The number of aromatic amines is 1. The highest BCUT2D eigenvalue weighted by Crippen LogP contribution is 2.20. The fourth-order valence-electron chi connectivity index (χ4n) is 2.11. The number of hydrogen-bond donors (Lipinski definition) is 1. The molecule has 1 amide bonds. The van der Waals surface area contributed by atoms with Gasteiger partial charge in [0.2, 0.25) is 5.56 Å². The van der Waals surface area contributed by atoms with E-state index in [9.17, 15) is 9.59 Å². The molecule has 1 aliphatic rings. The van der Waals surface area contributed by atoms with Crippen LogP contribution in [-0.2, 0) is 0 Å². The minimum absolute atomic E-state index is 0.0259. The van der Waals surface area contributed by atoms with Gasteiger partial charge in [-0.3, -0.25) is 9.59 Å². The van der Waals surface area contributed by atoms with Crippen molar-refractivity contribution in [2.75, 3.05) is 13.1 Å². The van der Waals surface area contributed by atoms with Crippen molar-refractivity contribution in [1.82, 2.24) is 9.88 Å². The number of H-pyrrole nitrogens is 1. The Morgan fingerprint density at radius 3 is 3.06 bits per heavy atom.